The van der Waals surface area contributed by atoms with Crippen LogP contribution in [0.4, 0.5) is 0 Å². The van der Waals surface area contributed by atoms with Crippen molar-refractivity contribution in [2.45, 2.75) is 44.8 Å². The SMILES string of the molecule is CCOc1cc(C(N)=S)ccc1OC1CCCC(OC)C1. The number of ether oxygens (including phenoxy) is 3. The van der Waals surface area contributed by atoms with Gasteiger partial charge in [-0.15, -0.1) is 0 Å². The Morgan fingerprint density at radius 3 is 2.71 bits per heavy atom. The molecule has 2 rings (SSSR count). The van der Waals surface area contributed by atoms with E-state index in [0.717, 1.165) is 37.0 Å². The predicted molar refractivity (Wildman–Crippen MR) is 87.2 cm³/mol. The molecule has 1 aliphatic carbocycles. The molecular formula is C16H23NO3S. The summed E-state index contributed by atoms with van der Waals surface area (Å²) < 4.78 is 17.2. The van der Waals surface area contributed by atoms with Gasteiger partial charge in [0.05, 0.1) is 12.7 Å². The minimum atomic E-state index is 0.165. The minimum Gasteiger partial charge on any atom is -0.490 e. The number of benzene rings is 1. The highest BCUT2D eigenvalue weighted by Crippen LogP contribution is 2.32. The number of methoxy groups -OCH3 is 1. The van der Waals surface area contributed by atoms with Crippen molar-refractivity contribution in [2.24, 2.45) is 5.73 Å². The number of rotatable bonds is 6. The van der Waals surface area contributed by atoms with Gasteiger partial charge in [-0.25, -0.2) is 0 Å². The smallest absolute Gasteiger partial charge is 0.161 e. The predicted octanol–water partition coefficient (Wildman–Crippen LogP) is 3.06. The molecule has 2 unspecified atom stereocenters. The monoisotopic (exact) mass is 309 g/mol. The van der Waals surface area contributed by atoms with E-state index in [1.54, 1.807) is 7.11 Å². The average Bonchev–Trinajstić information content (AvgIpc) is 2.49. The first-order chi connectivity index (χ1) is 10.1. The van der Waals surface area contributed by atoms with Gasteiger partial charge >= 0.3 is 0 Å². The van der Waals surface area contributed by atoms with Crippen LogP contribution in [0.1, 0.15) is 38.2 Å². The molecule has 0 aliphatic heterocycles. The van der Waals surface area contributed by atoms with Gasteiger partial charge in [0.15, 0.2) is 11.5 Å². The molecular weight excluding hydrogens is 286 g/mol. The lowest BCUT2D eigenvalue weighted by atomic mass is 9.95. The van der Waals surface area contributed by atoms with Gasteiger partial charge in [0.2, 0.25) is 0 Å². The lowest BCUT2D eigenvalue weighted by Crippen LogP contribution is -2.29. The Hall–Kier alpha value is -1.33. The summed E-state index contributed by atoms with van der Waals surface area (Å²) in [6.45, 7) is 2.52. The first kappa shape index (κ1) is 16.0. The lowest BCUT2D eigenvalue weighted by molar-refractivity contribution is 0.0200. The van der Waals surface area contributed by atoms with E-state index in [1.807, 2.05) is 25.1 Å². The van der Waals surface area contributed by atoms with Crippen molar-refractivity contribution in [3.05, 3.63) is 23.8 Å². The maximum Gasteiger partial charge on any atom is 0.161 e. The van der Waals surface area contributed by atoms with Crippen molar-refractivity contribution in [1.29, 1.82) is 0 Å². The summed E-state index contributed by atoms with van der Waals surface area (Å²) in [5.41, 5.74) is 6.46. The fraction of sp³-hybridized carbons (Fsp3) is 0.562. The van der Waals surface area contributed by atoms with Gasteiger partial charge in [0.1, 0.15) is 11.1 Å². The molecule has 0 bridgehead atoms. The van der Waals surface area contributed by atoms with Crippen LogP contribution in [0.15, 0.2) is 18.2 Å². The molecule has 0 radical (unpaired) electrons. The number of hydrogen-bond acceptors (Lipinski definition) is 4. The summed E-state index contributed by atoms with van der Waals surface area (Å²) in [5.74, 6) is 1.45. The van der Waals surface area contributed by atoms with E-state index in [2.05, 4.69) is 0 Å². The summed E-state index contributed by atoms with van der Waals surface area (Å²) in [6.07, 6.45) is 4.64. The van der Waals surface area contributed by atoms with E-state index in [0.29, 0.717) is 17.3 Å². The number of hydrogen-bond donors (Lipinski definition) is 1. The normalized spacial score (nSPS) is 21.8. The van der Waals surface area contributed by atoms with E-state index in [4.69, 9.17) is 32.2 Å². The molecule has 1 aliphatic rings. The Morgan fingerprint density at radius 1 is 1.29 bits per heavy atom. The zero-order valence-corrected chi connectivity index (χ0v) is 13.4. The van der Waals surface area contributed by atoms with Crippen LogP contribution < -0.4 is 15.2 Å². The Bertz CT molecular complexity index is 492. The quantitative estimate of drug-likeness (QED) is 0.819. The van der Waals surface area contributed by atoms with E-state index < -0.39 is 0 Å². The summed E-state index contributed by atoms with van der Waals surface area (Å²) in [7, 11) is 1.76. The van der Waals surface area contributed by atoms with Crippen molar-refractivity contribution in [2.75, 3.05) is 13.7 Å². The van der Waals surface area contributed by atoms with Gasteiger partial charge < -0.3 is 19.9 Å². The number of nitrogens with two attached hydrogens (primary N) is 1. The molecule has 0 spiro atoms. The fourth-order valence-electron chi connectivity index (χ4n) is 2.63. The van der Waals surface area contributed by atoms with Crippen LogP contribution in [-0.2, 0) is 4.74 Å². The second-order valence-corrected chi connectivity index (χ2v) is 5.66. The van der Waals surface area contributed by atoms with Gasteiger partial charge in [-0.3, -0.25) is 0 Å². The van der Waals surface area contributed by atoms with Crippen LogP contribution in [0.25, 0.3) is 0 Å². The molecule has 1 saturated carbocycles. The largest absolute Gasteiger partial charge is 0.490 e. The lowest BCUT2D eigenvalue weighted by Gasteiger charge is -2.29. The molecule has 0 saturated heterocycles. The van der Waals surface area contributed by atoms with Crippen molar-refractivity contribution in [3.8, 4) is 11.5 Å². The van der Waals surface area contributed by atoms with Crippen LogP contribution in [0.2, 0.25) is 0 Å². The minimum absolute atomic E-state index is 0.165. The molecule has 21 heavy (non-hydrogen) atoms. The third kappa shape index (κ3) is 4.32. The summed E-state index contributed by atoms with van der Waals surface area (Å²) in [5, 5.41) is 0. The molecule has 5 heteroatoms. The van der Waals surface area contributed by atoms with Crippen molar-refractivity contribution >= 4 is 17.2 Å². The van der Waals surface area contributed by atoms with Crippen LogP contribution in [0.3, 0.4) is 0 Å². The third-order valence-electron chi connectivity index (χ3n) is 3.73. The van der Waals surface area contributed by atoms with Crippen molar-refractivity contribution < 1.29 is 14.2 Å². The van der Waals surface area contributed by atoms with Crippen molar-refractivity contribution in [1.82, 2.24) is 0 Å². The van der Waals surface area contributed by atoms with Gasteiger partial charge in [-0.1, -0.05) is 12.2 Å². The van der Waals surface area contributed by atoms with E-state index in [-0.39, 0.29) is 12.2 Å². The molecule has 0 amide bonds. The first-order valence-corrected chi connectivity index (χ1v) is 7.81. The maximum absolute atomic E-state index is 6.12. The van der Waals surface area contributed by atoms with E-state index in [9.17, 15) is 0 Å². The Balaban J connectivity index is 2.12. The molecule has 2 N–H and O–H groups in total. The van der Waals surface area contributed by atoms with Gasteiger partial charge in [0, 0.05) is 19.1 Å². The average molecular weight is 309 g/mol. The second-order valence-electron chi connectivity index (χ2n) is 5.22. The summed E-state index contributed by atoms with van der Waals surface area (Å²) >= 11 is 5.01. The topological polar surface area (TPSA) is 53.7 Å². The Morgan fingerprint density at radius 2 is 2.05 bits per heavy atom. The van der Waals surface area contributed by atoms with E-state index in [1.165, 1.54) is 0 Å². The molecule has 1 fully saturated rings. The number of thiocarbonyl (C=S) groups is 1. The van der Waals surface area contributed by atoms with Gasteiger partial charge in [-0.2, -0.15) is 0 Å². The summed E-state index contributed by atoms with van der Waals surface area (Å²) in [4.78, 5) is 0.361. The van der Waals surface area contributed by atoms with Crippen molar-refractivity contribution in [3.63, 3.8) is 0 Å². The van der Waals surface area contributed by atoms with E-state index >= 15 is 0 Å². The van der Waals surface area contributed by atoms with Crippen LogP contribution in [-0.4, -0.2) is 30.9 Å². The maximum atomic E-state index is 6.12. The second kappa shape index (κ2) is 7.61. The summed E-state index contributed by atoms with van der Waals surface area (Å²) in [6, 6.07) is 5.60. The van der Waals surface area contributed by atoms with Crippen LogP contribution in [0.5, 0.6) is 11.5 Å². The van der Waals surface area contributed by atoms with Gasteiger partial charge in [0.25, 0.3) is 0 Å². The molecule has 1 aromatic carbocycles. The highest BCUT2D eigenvalue weighted by atomic mass is 32.1. The standard InChI is InChI=1S/C16H23NO3S/c1-3-19-15-9-11(16(17)21)7-8-14(15)20-13-6-4-5-12(10-13)18-2/h7-9,12-13H,3-6,10H2,1-2H3,(H2,17,21). The Labute approximate surface area is 131 Å². The highest BCUT2D eigenvalue weighted by molar-refractivity contribution is 7.80. The first-order valence-electron chi connectivity index (χ1n) is 7.40. The molecule has 2 atom stereocenters. The fourth-order valence-corrected chi connectivity index (χ4v) is 2.76. The molecule has 0 aromatic heterocycles. The molecule has 116 valence electrons. The highest BCUT2D eigenvalue weighted by Gasteiger charge is 2.24. The van der Waals surface area contributed by atoms with Crippen LogP contribution in [0, 0.1) is 0 Å². The zero-order chi connectivity index (χ0) is 15.2. The molecule has 1 aromatic rings. The zero-order valence-electron chi connectivity index (χ0n) is 12.6. The third-order valence-corrected chi connectivity index (χ3v) is 3.97. The van der Waals surface area contributed by atoms with Gasteiger partial charge in [-0.05, 0) is 44.4 Å². The molecule has 0 heterocycles. The molecule has 4 nitrogen and oxygen atoms in total. The Kier molecular flexibility index (Phi) is 5.82. The van der Waals surface area contributed by atoms with Crippen LogP contribution >= 0.6 is 12.2 Å².